The van der Waals surface area contributed by atoms with Crippen molar-refractivity contribution in [3.8, 4) is 0 Å². The van der Waals surface area contributed by atoms with Gasteiger partial charge in [-0.05, 0) is 17.3 Å². The molecular formula is C14H20N4O4. The zero-order chi connectivity index (χ0) is 16.4. The summed E-state index contributed by atoms with van der Waals surface area (Å²) in [6, 6.07) is -0.407. The number of rotatable bonds is 6. The number of ketones is 1. The Bertz CT molecular complexity index is 608. The molecule has 0 N–H and O–H groups in total. The third-order valence-electron chi connectivity index (χ3n) is 3.87. The van der Waals surface area contributed by atoms with Crippen molar-refractivity contribution in [2.45, 2.75) is 46.2 Å². The van der Waals surface area contributed by atoms with Crippen molar-refractivity contribution in [1.82, 2.24) is 14.5 Å². The molecule has 0 aliphatic carbocycles. The summed E-state index contributed by atoms with van der Waals surface area (Å²) in [5.74, 6) is 0.458. The summed E-state index contributed by atoms with van der Waals surface area (Å²) in [4.78, 5) is 39.9. The molecule has 8 nitrogen and oxygen atoms in total. The van der Waals surface area contributed by atoms with E-state index in [9.17, 15) is 19.7 Å². The summed E-state index contributed by atoms with van der Waals surface area (Å²) < 4.78 is 1.46. The van der Waals surface area contributed by atoms with Crippen LogP contribution in [0.1, 0.15) is 32.5 Å². The molecule has 1 saturated heterocycles. The molecule has 1 fully saturated rings. The maximum Gasteiger partial charge on any atom is 0.342 e. The fourth-order valence-electron chi connectivity index (χ4n) is 2.79. The molecule has 1 atom stereocenters. The zero-order valence-electron chi connectivity index (χ0n) is 13.0. The first-order valence-corrected chi connectivity index (χ1v) is 7.30. The van der Waals surface area contributed by atoms with Crippen molar-refractivity contribution in [3.63, 3.8) is 0 Å². The van der Waals surface area contributed by atoms with Crippen molar-refractivity contribution in [2.24, 2.45) is 5.92 Å². The largest absolute Gasteiger partial charge is 0.358 e. The Kier molecular flexibility index (Phi) is 4.58. The highest BCUT2D eigenvalue weighted by Crippen LogP contribution is 2.22. The summed E-state index contributed by atoms with van der Waals surface area (Å²) >= 11 is 0. The zero-order valence-corrected chi connectivity index (χ0v) is 13.0. The monoisotopic (exact) mass is 308 g/mol. The second-order valence-corrected chi connectivity index (χ2v) is 5.95. The molecule has 0 spiro atoms. The molecule has 1 aliphatic heterocycles. The van der Waals surface area contributed by atoms with E-state index >= 15 is 0 Å². The Morgan fingerprint density at radius 3 is 2.68 bits per heavy atom. The van der Waals surface area contributed by atoms with Crippen LogP contribution >= 0.6 is 0 Å². The number of nitrogens with zero attached hydrogens (tertiary/aromatic N) is 4. The molecule has 1 aliphatic rings. The number of carbonyl (C=O) groups excluding carboxylic acids is 2. The number of imidazole rings is 1. The van der Waals surface area contributed by atoms with E-state index in [1.165, 1.54) is 10.8 Å². The van der Waals surface area contributed by atoms with Crippen LogP contribution < -0.4 is 0 Å². The van der Waals surface area contributed by atoms with Gasteiger partial charge >= 0.3 is 5.82 Å². The highest BCUT2D eigenvalue weighted by molar-refractivity contribution is 6.07. The molecule has 1 aromatic heterocycles. The van der Waals surface area contributed by atoms with Gasteiger partial charge in [0.25, 0.3) is 0 Å². The minimum Gasteiger partial charge on any atom is -0.358 e. The predicted octanol–water partition coefficient (Wildman–Crippen LogP) is 1.32. The van der Waals surface area contributed by atoms with E-state index in [4.69, 9.17) is 0 Å². The van der Waals surface area contributed by atoms with E-state index in [1.54, 1.807) is 11.8 Å². The summed E-state index contributed by atoms with van der Waals surface area (Å²) in [7, 11) is 0. The van der Waals surface area contributed by atoms with Gasteiger partial charge in [0.2, 0.25) is 5.91 Å². The first-order chi connectivity index (χ1) is 10.3. The third kappa shape index (κ3) is 3.15. The molecule has 0 bridgehead atoms. The molecule has 0 radical (unpaired) electrons. The number of hydrogen-bond acceptors (Lipinski definition) is 5. The standard InChI is InChI=1S/C14H20N4O4/c1-9(2)6-11-12(19)7-14(20)17(11)5-4-16-10(3)15-8-13(16)18(21)22/h8-9,11H,4-7H2,1-3H3. The molecule has 2 rings (SSSR count). The van der Waals surface area contributed by atoms with Gasteiger partial charge in [-0.3, -0.25) is 9.59 Å². The van der Waals surface area contributed by atoms with Gasteiger partial charge in [-0.1, -0.05) is 13.8 Å². The number of aromatic nitrogens is 2. The Hall–Kier alpha value is -2.25. The number of Topliss-reactive ketones (excluding diaryl/α,β-unsaturated/α-hetero) is 1. The van der Waals surface area contributed by atoms with Gasteiger partial charge in [0.1, 0.15) is 12.7 Å². The number of aryl methyl sites for hydroxylation is 1. The van der Waals surface area contributed by atoms with Crippen molar-refractivity contribution in [3.05, 3.63) is 22.1 Å². The molecule has 2 heterocycles. The van der Waals surface area contributed by atoms with Crippen LogP contribution in [0.2, 0.25) is 0 Å². The van der Waals surface area contributed by atoms with Gasteiger partial charge in [-0.15, -0.1) is 0 Å². The van der Waals surface area contributed by atoms with Gasteiger partial charge in [-0.2, -0.15) is 0 Å². The molecule has 120 valence electrons. The lowest BCUT2D eigenvalue weighted by Gasteiger charge is -2.24. The van der Waals surface area contributed by atoms with Gasteiger partial charge in [0.15, 0.2) is 11.6 Å². The Morgan fingerprint density at radius 1 is 1.41 bits per heavy atom. The third-order valence-corrected chi connectivity index (χ3v) is 3.87. The van der Waals surface area contributed by atoms with Crippen LogP contribution in [0.15, 0.2) is 6.20 Å². The Balaban J connectivity index is 2.12. The molecular weight excluding hydrogens is 288 g/mol. The lowest BCUT2D eigenvalue weighted by Crippen LogP contribution is -2.38. The van der Waals surface area contributed by atoms with Gasteiger partial charge in [0.05, 0.1) is 19.0 Å². The van der Waals surface area contributed by atoms with E-state index in [-0.39, 0.29) is 37.0 Å². The summed E-state index contributed by atoms with van der Waals surface area (Å²) in [6.07, 6.45) is 1.76. The number of nitro groups is 1. The fourth-order valence-corrected chi connectivity index (χ4v) is 2.79. The smallest absolute Gasteiger partial charge is 0.342 e. The van der Waals surface area contributed by atoms with Crippen LogP contribution in [0.5, 0.6) is 0 Å². The normalized spacial score (nSPS) is 18.5. The molecule has 1 aromatic rings. The summed E-state index contributed by atoms with van der Waals surface area (Å²) in [5.41, 5.74) is 0. The highest BCUT2D eigenvalue weighted by atomic mass is 16.6. The number of likely N-dealkylation sites (tertiary alicyclic amines) is 1. The van der Waals surface area contributed by atoms with Gasteiger partial charge in [-0.25, -0.2) is 9.55 Å². The number of amides is 1. The van der Waals surface area contributed by atoms with Crippen LogP contribution in [0, 0.1) is 23.0 Å². The fraction of sp³-hybridized carbons (Fsp3) is 0.643. The van der Waals surface area contributed by atoms with Crippen LogP contribution in [0.25, 0.3) is 0 Å². The van der Waals surface area contributed by atoms with E-state index < -0.39 is 11.0 Å². The molecule has 0 aromatic carbocycles. The average Bonchev–Trinajstić information content (AvgIpc) is 2.89. The lowest BCUT2D eigenvalue weighted by molar-refractivity contribution is -0.392. The minimum absolute atomic E-state index is 0.0597. The topological polar surface area (TPSA) is 98.3 Å². The van der Waals surface area contributed by atoms with Crippen LogP contribution in [-0.4, -0.2) is 43.7 Å². The SMILES string of the molecule is Cc1ncc([N+](=O)[O-])n1CCN1C(=O)CC(=O)C1CC(C)C. The quantitative estimate of drug-likeness (QED) is 0.448. The van der Waals surface area contributed by atoms with Crippen molar-refractivity contribution in [2.75, 3.05) is 6.54 Å². The first-order valence-electron chi connectivity index (χ1n) is 7.30. The Morgan fingerprint density at radius 2 is 2.09 bits per heavy atom. The summed E-state index contributed by atoms with van der Waals surface area (Å²) in [6.45, 7) is 6.21. The van der Waals surface area contributed by atoms with E-state index in [0.29, 0.717) is 18.2 Å². The van der Waals surface area contributed by atoms with Gasteiger partial charge < -0.3 is 15.0 Å². The van der Waals surface area contributed by atoms with Crippen molar-refractivity contribution in [1.29, 1.82) is 0 Å². The molecule has 1 unspecified atom stereocenters. The van der Waals surface area contributed by atoms with Crippen LogP contribution in [0.4, 0.5) is 5.82 Å². The van der Waals surface area contributed by atoms with E-state index in [0.717, 1.165) is 0 Å². The van der Waals surface area contributed by atoms with Crippen LogP contribution in [-0.2, 0) is 16.1 Å². The highest BCUT2D eigenvalue weighted by Gasteiger charge is 2.38. The van der Waals surface area contributed by atoms with Crippen molar-refractivity contribution < 1.29 is 14.5 Å². The number of hydrogen-bond donors (Lipinski definition) is 0. The molecule has 8 heteroatoms. The predicted molar refractivity (Wildman–Crippen MR) is 78.2 cm³/mol. The van der Waals surface area contributed by atoms with E-state index in [2.05, 4.69) is 4.98 Å². The number of carbonyl (C=O) groups is 2. The second-order valence-electron chi connectivity index (χ2n) is 5.95. The maximum atomic E-state index is 12.0. The minimum atomic E-state index is -0.497. The second kappa shape index (κ2) is 6.25. The van der Waals surface area contributed by atoms with Crippen LogP contribution in [0.3, 0.4) is 0 Å². The summed E-state index contributed by atoms with van der Waals surface area (Å²) in [5, 5.41) is 11.0. The van der Waals surface area contributed by atoms with Crippen molar-refractivity contribution >= 4 is 17.5 Å². The first kappa shape index (κ1) is 16.1. The molecule has 1 amide bonds. The average molecular weight is 308 g/mol. The maximum absolute atomic E-state index is 12.0. The molecule has 22 heavy (non-hydrogen) atoms. The van der Waals surface area contributed by atoms with Gasteiger partial charge in [0, 0.05) is 6.92 Å². The lowest BCUT2D eigenvalue weighted by atomic mass is 10.0. The van der Waals surface area contributed by atoms with E-state index in [1.807, 2.05) is 13.8 Å². The molecule has 0 saturated carbocycles. The Labute approximate surface area is 128 Å².